The SMILES string of the molecule is CCOC(C)OC(C)(C)C(F)(F)CC[C@@H](C)[C@H]1CC[C@H]2C(C=CC3=C(C)[C@@H](OC4CCCCO4)C[C@H](OC4CCCCO4)C3)=CCC[C@]12C. The topological polar surface area (TPSA) is 55.4 Å². The van der Waals surface area contributed by atoms with Gasteiger partial charge in [0.25, 0.3) is 5.92 Å². The van der Waals surface area contributed by atoms with E-state index in [9.17, 15) is 0 Å². The first-order valence-corrected chi connectivity index (χ1v) is 19.6. The van der Waals surface area contributed by atoms with Gasteiger partial charge in [-0.05, 0) is 152 Å². The van der Waals surface area contributed by atoms with E-state index >= 15 is 8.78 Å². The Morgan fingerprint density at radius 2 is 1.67 bits per heavy atom. The summed E-state index contributed by atoms with van der Waals surface area (Å²) in [6.07, 6.45) is 18.8. The highest BCUT2D eigenvalue weighted by Crippen LogP contribution is 2.59. The summed E-state index contributed by atoms with van der Waals surface area (Å²) >= 11 is 0. The van der Waals surface area contributed by atoms with Gasteiger partial charge in [-0.2, -0.15) is 0 Å². The highest BCUT2D eigenvalue weighted by Gasteiger charge is 2.52. The van der Waals surface area contributed by atoms with Gasteiger partial charge in [0.05, 0.1) is 12.2 Å². The molecule has 2 aliphatic heterocycles. The molecule has 5 rings (SSSR count). The van der Waals surface area contributed by atoms with E-state index in [0.717, 1.165) is 90.3 Å². The molecule has 3 aliphatic carbocycles. The molecule has 8 heteroatoms. The second-order valence-corrected chi connectivity index (χ2v) is 16.3. The number of hydrogen-bond acceptors (Lipinski definition) is 6. The van der Waals surface area contributed by atoms with Crippen LogP contribution in [0, 0.1) is 23.2 Å². The summed E-state index contributed by atoms with van der Waals surface area (Å²) in [4.78, 5) is 0. The fraction of sp³-hybridized carbons (Fsp3) is 0.854. The lowest BCUT2D eigenvalue weighted by Gasteiger charge is -2.43. The van der Waals surface area contributed by atoms with Gasteiger partial charge in [0, 0.05) is 32.7 Å². The van der Waals surface area contributed by atoms with Crippen molar-refractivity contribution < 1.29 is 37.2 Å². The standard InChI is InChI=1S/C41H66F2O6/c1-8-44-30(4)49-39(5,6)41(42,43)23-21-28(2)34-19-20-35-31(14-13-22-40(34,35)7)17-18-32-26-33(47-37-15-9-11-24-45-37)27-36(29(32)3)48-38-16-10-12-25-46-38/h14,17-18,28,30,33-38H,8-13,15-16,19-27H2,1-7H3/t28-,30?,33-,34-,35+,36+,37?,38?,40-/m1/s1. The Balaban J connectivity index is 1.25. The predicted molar refractivity (Wildman–Crippen MR) is 189 cm³/mol. The van der Waals surface area contributed by atoms with E-state index in [-0.39, 0.29) is 42.5 Å². The van der Waals surface area contributed by atoms with Crippen LogP contribution in [0.4, 0.5) is 8.78 Å². The summed E-state index contributed by atoms with van der Waals surface area (Å²) < 4.78 is 67.2. The van der Waals surface area contributed by atoms with Crippen molar-refractivity contribution in [2.75, 3.05) is 19.8 Å². The van der Waals surface area contributed by atoms with Crippen LogP contribution in [0.1, 0.15) is 138 Å². The van der Waals surface area contributed by atoms with Gasteiger partial charge in [0.1, 0.15) is 5.60 Å². The molecule has 3 unspecified atom stereocenters. The quantitative estimate of drug-likeness (QED) is 0.159. The second-order valence-electron chi connectivity index (χ2n) is 16.3. The predicted octanol–water partition coefficient (Wildman–Crippen LogP) is 10.5. The summed E-state index contributed by atoms with van der Waals surface area (Å²) in [5.74, 6) is -1.90. The van der Waals surface area contributed by atoms with Crippen LogP contribution in [-0.4, -0.2) is 62.4 Å². The largest absolute Gasteiger partial charge is 0.353 e. The van der Waals surface area contributed by atoms with E-state index < -0.39 is 17.8 Å². The maximum absolute atomic E-state index is 15.5. The molecule has 0 bridgehead atoms. The van der Waals surface area contributed by atoms with Gasteiger partial charge in [0.15, 0.2) is 18.9 Å². The Morgan fingerprint density at radius 3 is 2.33 bits per heavy atom. The Hall–Kier alpha value is -1.16. The number of alkyl halides is 2. The van der Waals surface area contributed by atoms with E-state index in [2.05, 4.69) is 39.0 Å². The molecule has 0 aromatic carbocycles. The normalized spacial score (nSPS) is 34.6. The zero-order valence-electron chi connectivity index (χ0n) is 31.6. The van der Waals surface area contributed by atoms with Crippen LogP contribution in [-0.2, 0) is 28.4 Å². The Bertz CT molecular complexity index is 1150. The van der Waals surface area contributed by atoms with E-state index in [0.29, 0.717) is 24.9 Å². The van der Waals surface area contributed by atoms with Crippen molar-refractivity contribution in [3.05, 3.63) is 34.9 Å². The van der Waals surface area contributed by atoms with E-state index in [1.807, 2.05) is 6.92 Å². The minimum Gasteiger partial charge on any atom is -0.353 e. The monoisotopic (exact) mass is 692 g/mol. The Labute approximate surface area is 295 Å². The van der Waals surface area contributed by atoms with Crippen molar-refractivity contribution in [1.29, 1.82) is 0 Å². The van der Waals surface area contributed by atoms with Gasteiger partial charge in [-0.3, -0.25) is 0 Å². The smallest absolute Gasteiger partial charge is 0.276 e. The molecule has 0 N–H and O–H groups in total. The van der Waals surface area contributed by atoms with Crippen molar-refractivity contribution in [2.45, 2.75) is 181 Å². The van der Waals surface area contributed by atoms with Crippen molar-refractivity contribution in [3.8, 4) is 0 Å². The first-order chi connectivity index (χ1) is 23.3. The van der Waals surface area contributed by atoms with Crippen LogP contribution in [0.3, 0.4) is 0 Å². The molecule has 0 aromatic rings. The average molecular weight is 693 g/mol. The lowest BCUT2D eigenvalue weighted by atomic mass is 9.62. The number of ether oxygens (including phenoxy) is 6. The van der Waals surface area contributed by atoms with Crippen LogP contribution >= 0.6 is 0 Å². The number of rotatable bonds is 15. The van der Waals surface area contributed by atoms with Crippen LogP contribution in [0.5, 0.6) is 0 Å². The van der Waals surface area contributed by atoms with E-state index in [4.69, 9.17) is 28.4 Å². The summed E-state index contributed by atoms with van der Waals surface area (Å²) in [5.41, 5.74) is 2.47. The molecule has 0 spiro atoms. The molecule has 2 saturated heterocycles. The molecule has 1 saturated carbocycles. The zero-order chi connectivity index (χ0) is 35.2. The van der Waals surface area contributed by atoms with Crippen molar-refractivity contribution in [2.24, 2.45) is 23.2 Å². The fourth-order valence-electron chi connectivity index (χ4n) is 9.47. The van der Waals surface area contributed by atoms with Crippen LogP contribution in [0.15, 0.2) is 34.9 Å². The maximum atomic E-state index is 15.5. The van der Waals surface area contributed by atoms with Crippen molar-refractivity contribution in [3.63, 3.8) is 0 Å². The second kappa shape index (κ2) is 17.1. The molecule has 0 aromatic heterocycles. The molecule has 3 fully saturated rings. The molecule has 49 heavy (non-hydrogen) atoms. The molecule has 9 atom stereocenters. The Morgan fingerprint density at radius 1 is 0.980 bits per heavy atom. The third-order valence-corrected chi connectivity index (χ3v) is 12.5. The Kier molecular flexibility index (Phi) is 13.6. The summed E-state index contributed by atoms with van der Waals surface area (Å²) in [7, 11) is 0. The maximum Gasteiger partial charge on any atom is 0.276 e. The third kappa shape index (κ3) is 9.64. The first-order valence-electron chi connectivity index (χ1n) is 19.6. The van der Waals surface area contributed by atoms with Crippen molar-refractivity contribution in [1.82, 2.24) is 0 Å². The minimum atomic E-state index is -2.95. The molecule has 0 amide bonds. The molecular formula is C41H66F2O6. The van der Waals surface area contributed by atoms with Gasteiger partial charge < -0.3 is 28.4 Å². The van der Waals surface area contributed by atoms with Crippen molar-refractivity contribution >= 4 is 0 Å². The summed E-state index contributed by atoms with van der Waals surface area (Å²) in [6.45, 7) is 15.3. The first kappa shape index (κ1) is 39.1. The molecule has 280 valence electrons. The van der Waals surface area contributed by atoms with Crippen LogP contribution in [0.2, 0.25) is 0 Å². The van der Waals surface area contributed by atoms with Gasteiger partial charge >= 0.3 is 0 Å². The highest BCUT2D eigenvalue weighted by molar-refractivity contribution is 5.37. The number of allylic oxidation sites excluding steroid dienone is 4. The van der Waals surface area contributed by atoms with E-state index in [1.165, 1.54) is 30.6 Å². The number of hydrogen-bond donors (Lipinski definition) is 0. The van der Waals surface area contributed by atoms with Crippen LogP contribution in [0.25, 0.3) is 0 Å². The van der Waals surface area contributed by atoms with Crippen LogP contribution < -0.4 is 0 Å². The van der Waals surface area contributed by atoms with Gasteiger partial charge in [-0.15, -0.1) is 0 Å². The number of fused-ring (bicyclic) bond motifs is 1. The third-order valence-electron chi connectivity index (χ3n) is 12.5. The molecule has 2 heterocycles. The van der Waals surface area contributed by atoms with Gasteiger partial charge in [-0.25, -0.2) is 8.78 Å². The molecule has 0 radical (unpaired) electrons. The van der Waals surface area contributed by atoms with Gasteiger partial charge in [0.2, 0.25) is 0 Å². The molecule has 5 aliphatic rings. The average Bonchev–Trinajstić information content (AvgIpc) is 3.42. The molecule has 6 nitrogen and oxygen atoms in total. The number of halogens is 2. The fourth-order valence-corrected chi connectivity index (χ4v) is 9.47. The summed E-state index contributed by atoms with van der Waals surface area (Å²) in [5, 5.41) is 0. The lowest BCUT2D eigenvalue weighted by Crippen LogP contribution is -2.48. The van der Waals surface area contributed by atoms with E-state index in [1.54, 1.807) is 6.92 Å². The summed E-state index contributed by atoms with van der Waals surface area (Å²) in [6, 6.07) is 0. The minimum absolute atomic E-state index is 0.0386. The molecular weight excluding hydrogens is 626 g/mol. The highest BCUT2D eigenvalue weighted by atomic mass is 19.3. The lowest BCUT2D eigenvalue weighted by molar-refractivity contribution is -0.264. The van der Waals surface area contributed by atoms with Gasteiger partial charge in [-0.1, -0.05) is 32.1 Å². The zero-order valence-corrected chi connectivity index (χ0v) is 31.6.